The quantitative estimate of drug-likeness (QED) is 0.724. The summed E-state index contributed by atoms with van der Waals surface area (Å²) in [5.74, 6) is -1.08. The summed E-state index contributed by atoms with van der Waals surface area (Å²) in [7, 11) is -3.52. The molecule has 0 unspecified atom stereocenters. The SMILES string of the molecule is O=C([O-])CCCCCNS(=O)(=O)c1ccc(Cl)cc1. The van der Waals surface area contributed by atoms with E-state index in [0.29, 0.717) is 24.3 Å². The van der Waals surface area contributed by atoms with Crippen molar-refractivity contribution in [3.05, 3.63) is 29.3 Å². The van der Waals surface area contributed by atoms with Gasteiger partial charge in [-0.3, -0.25) is 0 Å². The Morgan fingerprint density at radius 1 is 1.16 bits per heavy atom. The van der Waals surface area contributed by atoms with Gasteiger partial charge in [0, 0.05) is 17.5 Å². The highest BCUT2D eigenvalue weighted by Gasteiger charge is 2.12. The zero-order chi connectivity index (χ0) is 14.3. The smallest absolute Gasteiger partial charge is 0.240 e. The van der Waals surface area contributed by atoms with E-state index in [2.05, 4.69) is 4.72 Å². The molecule has 0 atom stereocenters. The second kappa shape index (κ2) is 7.47. The van der Waals surface area contributed by atoms with Gasteiger partial charge in [-0.1, -0.05) is 18.0 Å². The lowest BCUT2D eigenvalue weighted by Gasteiger charge is -2.07. The maximum absolute atomic E-state index is 11.8. The molecule has 0 aliphatic heterocycles. The molecule has 0 fully saturated rings. The predicted molar refractivity (Wildman–Crippen MR) is 70.1 cm³/mol. The van der Waals surface area contributed by atoms with Crippen LogP contribution in [0.15, 0.2) is 29.2 Å². The third-order valence-electron chi connectivity index (χ3n) is 2.47. The first-order chi connectivity index (χ1) is 8.92. The van der Waals surface area contributed by atoms with Crippen molar-refractivity contribution in [2.24, 2.45) is 0 Å². The van der Waals surface area contributed by atoms with Crippen molar-refractivity contribution in [2.45, 2.75) is 30.6 Å². The summed E-state index contributed by atoms with van der Waals surface area (Å²) in [5, 5.41) is 10.6. The summed E-state index contributed by atoms with van der Waals surface area (Å²) >= 11 is 5.68. The molecule has 0 saturated carbocycles. The van der Waals surface area contributed by atoms with Crippen molar-refractivity contribution < 1.29 is 18.3 Å². The molecule has 0 bridgehead atoms. The van der Waals surface area contributed by atoms with Gasteiger partial charge in [-0.05, 0) is 43.5 Å². The molecule has 0 amide bonds. The first kappa shape index (κ1) is 15.9. The summed E-state index contributed by atoms with van der Waals surface area (Å²) < 4.78 is 26.1. The topological polar surface area (TPSA) is 86.3 Å². The van der Waals surface area contributed by atoms with Crippen molar-refractivity contribution in [3.63, 3.8) is 0 Å². The molecule has 0 aromatic heterocycles. The fourth-order valence-corrected chi connectivity index (χ4v) is 2.67. The Morgan fingerprint density at radius 2 is 1.79 bits per heavy atom. The van der Waals surface area contributed by atoms with E-state index in [0.717, 1.165) is 0 Å². The molecule has 1 aromatic rings. The maximum Gasteiger partial charge on any atom is 0.240 e. The lowest BCUT2D eigenvalue weighted by atomic mass is 10.2. The Hall–Kier alpha value is -1.11. The second-order valence-corrected chi connectivity index (χ2v) is 6.24. The fourth-order valence-electron chi connectivity index (χ4n) is 1.47. The van der Waals surface area contributed by atoms with Crippen molar-refractivity contribution >= 4 is 27.6 Å². The van der Waals surface area contributed by atoms with E-state index in [1.807, 2.05) is 0 Å². The number of hydrogen-bond donors (Lipinski definition) is 1. The van der Waals surface area contributed by atoms with Crippen molar-refractivity contribution in [3.8, 4) is 0 Å². The Balaban J connectivity index is 2.35. The molecule has 106 valence electrons. The van der Waals surface area contributed by atoms with Crippen LogP contribution in [0.2, 0.25) is 5.02 Å². The molecular weight excluding hydrogens is 290 g/mol. The number of carboxylic acid groups (broad SMARTS) is 1. The number of halogens is 1. The molecular formula is C12H15ClNO4S-. The number of carbonyl (C=O) groups is 1. The lowest BCUT2D eigenvalue weighted by Crippen LogP contribution is -2.25. The summed E-state index contributed by atoms with van der Waals surface area (Å²) in [6, 6.07) is 5.88. The van der Waals surface area contributed by atoms with Crippen LogP contribution in [0.4, 0.5) is 0 Å². The summed E-state index contributed by atoms with van der Waals surface area (Å²) in [4.78, 5) is 10.3. The predicted octanol–water partition coefficient (Wildman–Crippen LogP) is 0.929. The number of hydrogen-bond acceptors (Lipinski definition) is 4. The van der Waals surface area contributed by atoms with Gasteiger partial charge in [0.05, 0.1) is 4.90 Å². The van der Waals surface area contributed by atoms with Crippen LogP contribution in [0.25, 0.3) is 0 Å². The van der Waals surface area contributed by atoms with Gasteiger partial charge in [-0.15, -0.1) is 0 Å². The maximum atomic E-state index is 11.8. The van der Waals surface area contributed by atoms with Crippen LogP contribution in [0.1, 0.15) is 25.7 Å². The molecule has 0 saturated heterocycles. The number of nitrogens with one attached hydrogen (secondary N) is 1. The Kier molecular flexibility index (Phi) is 6.27. The average Bonchev–Trinajstić information content (AvgIpc) is 2.34. The minimum Gasteiger partial charge on any atom is -0.550 e. The summed E-state index contributed by atoms with van der Waals surface area (Å²) in [6.07, 6.45) is 1.71. The molecule has 0 radical (unpaired) electrons. The molecule has 1 rings (SSSR count). The zero-order valence-electron chi connectivity index (χ0n) is 10.3. The third kappa shape index (κ3) is 6.04. The van der Waals surface area contributed by atoms with Gasteiger partial charge in [0.25, 0.3) is 0 Å². The standard InChI is InChI=1S/C12H16ClNO4S/c13-10-5-7-11(8-6-10)19(17,18)14-9-3-1-2-4-12(15)16/h5-8,14H,1-4,9H2,(H,15,16)/p-1. The lowest BCUT2D eigenvalue weighted by molar-refractivity contribution is -0.305. The van der Waals surface area contributed by atoms with Gasteiger partial charge in [-0.2, -0.15) is 0 Å². The van der Waals surface area contributed by atoms with Crippen molar-refractivity contribution in [1.29, 1.82) is 0 Å². The van der Waals surface area contributed by atoms with Crippen LogP contribution in [0.5, 0.6) is 0 Å². The van der Waals surface area contributed by atoms with Crippen LogP contribution < -0.4 is 9.83 Å². The Labute approximate surface area is 117 Å². The highest BCUT2D eigenvalue weighted by Crippen LogP contribution is 2.13. The number of carbonyl (C=O) groups excluding carboxylic acids is 1. The average molecular weight is 305 g/mol. The fraction of sp³-hybridized carbons (Fsp3) is 0.417. The van der Waals surface area contributed by atoms with Crippen molar-refractivity contribution in [2.75, 3.05) is 6.54 Å². The number of benzene rings is 1. The minimum atomic E-state index is -3.52. The van der Waals surface area contributed by atoms with Crippen LogP contribution in [0, 0.1) is 0 Å². The highest BCUT2D eigenvalue weighted by molar-refractivity contribution is 7.89. The molecule has 0 spiro atoms. The molecule has 5 nitrogen and oxygen atoms in total. The van der Waals surface area contributed by atoms with Crippen LogP contribution in [-0.4, -0.2) is 20.9 Å². The molecule has 0 aliphatic rings. The van der Waals surface area contributed by atoms with Gasteiger partial charge >= 0.3 is 0 Å². The molecule has 1 N–H and O–H groups in total. The van der Waals surface area contributed by atoms with Gasteiger partial charge in [0.2, 0.25) is 10.0 Å². The molecule has 0 heterocycles. The van der Waals surface area contributed by atoms with Crippen LogP contribution in [-0.2, 0) is 14.8 Å². The van der Waals surface area contributed by atoms with Gasteiger partial charge in [0.1, 0.15) is 0 Å². The third-order valence-corrected chi connectivity index (χ3v) is 4.20. The molecule has 19 heavy (non-hydrogen) atoms. The van der Waals surface area contributed by atoms with E-state index in [-0.39, 0.29) is 17.9 Å². The van der Waals surface area contributed by atoms with E-state index >= 15 is 0 Å². The number of aliphatic carboxylic acids is 1. The Bertz CT molecular complexity index is 513. The van der Waals surface area contributed by atoms with Crippen LogP contribution >= 0.6 is 11.6 Å². The summed E-state index contributed by atoms with van der Waals surface area (Å²) in [5.41, 5.74) is 0. The first-order valence-corrected chi connectivity index (χ1v) is 7.73. The van der Waals surface area contributed by atoms with Crippen molar-refractivity contribution in [1.82, 2.24) is 4.72 Å². The van der Waals surface area contributed by atoms with Crippen LogP contribution in [0.3, 0.4) is 0 Å². The van der Waals surface area contributed by atoms with E-state index < -0.39 is 16.0 Å². The van der Waals surface area contributed by atoms with E-state index in [1.165, 1.54) is 24.3 Å². The van der Waals surface area contributed by atoms with Gasteiger partial charge in [0.15, 0.2) is 0 Å². The number of rotatable bonds is 8. The van der Waals surface area contributed by atoms with E-state index in [4.69, 9.17) is 11.6 Å². The molecule has 7 heteroatoms. The largest absolute Gasteiger partial charge is 0.550 e. The molecule has 0 aliphatic carbocycles. The highest BCUT2D eigenvalue weighted by atomic mass is 35.5. The van der Waals surface area contributed by atoms with E-state index in [9.17, 15) is 18.3 Å². The normalized spacial score (nSPS) is 11.4. The van der Waals surface area contributed by atoms with Gasteiger partial charge in [-0.25, -0.2) is 13.1 Å². The molecule has 1 aromatic carbocycles. The number of unbranched alkanes of at least 4 members (excludes halogenated alkanes) is 2. The monoisotopic (exact) mass is 304 g/mol. The first-order valence-electron chi connectivity index (χ1n) is 5.87. The minimum absolute atomic E-state index is 0.00390. The zero-order valence-corrected chi connectivity index (χ0v) is 11.8. The number of sulfonamides is 1. The second-order valence-electron chi connectivity index (χ2n) is 4.03. The van der Waals surface area contributed by atoms with Gasteiger partial charge < -0.3 is 9.90 Å². The summed E-state index contributed by atoms with van der Waals surface area (Å²) in [6.45, 7) is 0.276. The number of carboxylic acids is 1. The van der Waals surface area contributed by atoms with E-state index in [1.54, 1.807) is 0 Å². The Morgan fingerprint density at radius 3 is 2.37 bits per heavy atom.